The van der Waals surface area contributed by atoms with Crippen molar-refractivity contribution in [2.45, 2.75) is 39.8 Å². The lowest BCUT2D eigenvalue weighted by molar-refractivity contribution is 0.631. The minimum absolute atomic E-state index is 0. The lowest BCUT2D eigenvalue weighted by atomic mass is 10.1. The standard InChI is InChI=1S/C17H28N6.HI/c1-12(10-16-13(2)21-23(6)14(16)3)20-17(18-4)19-11-15-8-7-9-22(15)5;/h7-9,12H,10-11H2,1-6H3,(H2,18,19,20);1H. The normalized spacial score (nSPS) is 12.7. The third-order valence-electron chi connectivity index (χ3n) is 4.26. The van der Waals surface area contributed by atoms with Crippen molar-refractivity contribution in [2.24, 2.45) is 19.1 Å². The molecule has 0 amide bonds. The third kappa shape index (κ3) is 4.99. The zero-order chi connectivity index (χ0) is 17.0. The van der Waals surface area contributed by atoms with Crippen molar-refractivity contribution in [3.05, 3.63) is 41.0 Å². The van der Waals surface area contributed by atoms with Gasteiger partial charge in [-0.25, -0.2) is 0 Å². The fourth-order valence-electron chi connectivity index (χ4n) is 2.75. The molecule has 0 aliphatic heterocycles. The fraction of sp³-hybridized carbons (Fsp3) is 0.529. The average molecular weight is 444 g/mol. The summed E-state index contributed by atoms with van der Waals surface area (Å²) in [6.45, 7) is 7.10. The summed E-state index contributed by atoms with van der Waals surface area (Å²) in [5, 5.41) is 11.3. The van der Waals surface area contributed by atoms with Crippen LogP contribution in [0, 0.1) is 13.8 Å². The molecule has 0 aromatic carbocycles. The molecule has 0 fully saturated rings. The summed E-state index contributed by atoms with van der Waals surface area (Å²) < 4.78 is 4.05. The van der Waals surface area contributed by atoms with Crippen LogP contribution < -0.4 is 10.6 Å². The van der Waals surface area contributed by atoms with Crippen LogP contribution in [0.4, 0.5) is 0 Å². The number of halogens is 1. The molecule has 0 bridgehead atoms. The SMILES string of the molecule is CN=C(NCc1cccn1C)NC(C)Cc1c(C)nn(C)c1C.I. The Bertz CT molecular complexity index is 685. The Morgan fingerprint density at radius 1 is 1.33 bits per heavy atom. The van der Waals surface area contributed by atoms with Crippen molar-refractivity contribution in [2.75, 3.05) is 7.05 Å². The van der Waals surface area contributed by atoms with E-state index >= 15 is 0 Å². The van der Waals surface area contributed by atoms with Crippen LogP contribution in [0.15, 0.2) is 23.3 Å². The highest BCUT2D eigenvalue weighted by atomic mass is 127. The molecule has 134 valence electrons. The highest BCUT2D eigenvalue weighted by Crippen LogP contribution is 2.14. The molecule has 0 spiro atoms. The van der Waals surface area contributed by atoms with Crippen molar-refractivity contribution in [3.8, 4) is 0 Å². The molecule has 2 aromatic rings. The van der Waals surface area contributed by atoms with Crippen molar-refractivity contribution >= 4 is 29.9 Å². The van der Waals surface area contributed by atoms with Crippen LogP contribution in [0.5, 0.6) is 0 Å². The smallest absolute Gasteiger partial charge is 0.191 e. The van der Waals surface area contributed by atoms with Crippen LogP contribution in [-0.2, 0) is 27.1 Å². The molecule has 0 aliphatic rings. The van der Waals surface area contributed by atoms with Crippen LogP contribution in [0.25, 0.3) is 0 Å². The van der Waals surface area contributed by atoms with Gasteiger partial charge in [0.05, 0.1) is 12.2 Å². The van der Waals surface area contributed by atoms with E-state index in [0.717, 1.165) is 24.6 Å². The number of aliphatic imine (C=N–C) groups is 1. The first-order valence-electron chi connectivity index (χ1n) is 7.98. The number of aromatic nitrogens is 3. The zero-order valence-electron chi connectivity index (χ0n) is 15.4. The fourth-order valence-corrected chi connectivity index (χ4v) is 2.75. The number of aryl methyl sites for hydroxylation is 3. The maximum Gasteiger partial charge on any atom is 0.191 e. The summed E-state index contributed by atoms with van der Waals surface area (Å²) in [5.41, 5.74) is 4.86. The Hall–Kier alpha value is -1.51. The number of rotatable bonds is 5. The Morgan fingerprint density at radius 3 is 2.54 bits per heavy atom. The molecule has 0 saturated carbocycles. The number of hydrogen-bond acceptors (Lipinski definition) is 2. The van der Waals surface area contributed by atoms with Gasteiger partial charge in [-0.15, -0.1) is 24.0 Å². The zero-order valence-corrected chi connectivity index (χ0v) is 17.8. The molecular weight excluding hydrogens is 415 g/mol. The molecule has 24 heavy (non-hydrogen) atoms. The van der Waals surface area contributed by atoms with Gasteiger partial charge < -0.3 is 15.2 Å². The number of nitrogens with one attached hydrogen (secondary N) is 2. The number of nitrogens with zero attached hydrogens (tertiary/aromatic N) is 4. The average Bonchev–Trinajstić information content (AvgIpc) is 3.02. The molecule has 1 unspecified atom stereocenters. The van der Waals surface area contributed by atoms with Crippen LogP contribution in [0.3, 0.4) is 0 Å². The second kappa shape index (κ2) is 9.10. The van der Waals surface area contributed by atoms with E-state index in [0.29, 0.717) is 0 Å². The summed E-state index contributed by atoms with van der Waals surface area (Å²) in [7, 11) is 5.83. The molecule has 2 aromatic heterocycles. The van der Waals surface area contributed by atoms with Crippen molar-refractivity contribution < 1.29 is 0 Å². The van der Waals surface area contributed by atoms with Gasteiger partial charge in [-0.3, -0.25) is 9.67 Å². The first-order chi connectivity index (χ1) is 10.9. The van der Waals surface area contributed by atoms with Crippen molar-refractivity contribution in [3.63, 3.8) is 0 Å². The predicted octanol–water partition coefficient (Wildman–Crippen LogP) is 2.29. The molecule has 2 heterocycles. The van der Waals surface area contributed by atoms with E-state index in [4.69, 9.17) is 0 Å². The maximum atomic E-state index is 4.48. The van der Waals surface area contributed by atoms with E-state index in [9.17, 15) is 0 Å². The van der Waals surface area contributed by atoms with Gasteiger partial charge in [0.2, 0.25) is 0 Å². The van der Waals surface area contributed by atoms with Gasteiger partial charge in [0.15, 0.2) is 5.96 Å². The van der Waals surface area contributed by atoms with Crippen molar-refractivity contribution in [1.82, 2.24) is 25.0 Å². The second-order valence-electron chi connectivity index (χ2n) is 6.06. The quantitative estimate of drug-likeness (QED) is 0.423. The summed E-state index contributed by atoms with van der Waals surface area (Å²) in [6, 6.07) is 4.42. The largest absolute Gasteiger partial charge is 0.354 e. The minimum Gasteiger partial charge on any atom is -0.354 e. The van der Waals surface area contributed by atoms with Crippen molar-refractivity contribution in [1.29, 1.82) is 0 Å². The van der Waals surface area contributed by atoms with Crippen LogP contribution >= 0.6 is 24.0 Å². The highest BCUT2D eigenvalue weighted by Gasteiger charge is 2.14. The Morgan fingerprint density at radius 2 is 2.04 bits per heavy atom. The minimum atomic E-state index is 0. The summed E-state index contributed by atoms with van der Waals surface area (Å²) in [5.74, 6) is 0.817. The first-order valence-corrected chi connectivity index (χ1v) is 7.98. The number of hydrogen-bond donors (Lipinski definition) is 2. The van der Waals surface area contributed by atoms with Gasteiger partial charge in [0.25, 0.3) is 0 Å². The molecule has 0 radical (unpaired) electrons. The summed E-state index contributed by atoms with van der Waals surface area (Å²) in [6.07, 6.45) is 2.97. The lowest BCUT2D eigenvalue weighted by Gasteiger charge is -2.18. The Balaban J connectivity index is 0.00000288. The van der Waals surface area contributed by atoms with Gasteiger partial charge in [-0.05, 0) is 44.9 Å². The second-order valence-corrected chi connectivity index (χ2v) is 6.06. The van der Waals surface area contributed by atoms with Gasteiger partial charge in [-0.1, -0.05) is 0 Å². The van der Waals surface area contributed by atoms with Crippen LogP contribution in [0.2, 0.25) is 0 Å². The highest BCUT2D eigenvalue weighted by molar-refractivity contribution is 14.0. The molecule has 0 aliphatic carbocycles. The van der Waals surface area contributed by atoms with E-state index in [2.05, 4.69) is 52.1 Å². The van der Waals surface area contributed by atoms with E-state index < -0.39 is 0 Å². The molecule has 0 saturated heterocycles. The molecule has 2 rings (SSSR count). The van der Waals surface area contributed by atoms with Gasteiger partial charge in [0, 0.05) is 44.8 Å². The van der Waals surface area contributed by atoms with Gasteiger partial charge in [-0.2, -0.15) is 5.10 Å². The van der Waals surface area contributed by atoms with E-state index in [1.807, 2.05) is 31.0 Å². The molecule has 2 N–H and O–H groups in total. The summed E-state index contributed by atoms with van der Waals surface area (Å²) in [4.78, 5) is 4.31. The van der Waals surface area contributed by atoms with Crippen LogP contribution in [0.1, 0.15) is 29.6 Å². The van der Waals surface area contributed by atoms with Gasteiger partial charge in [0.1, 0.15) is 0 Å². The first kappa shape index (κ1) is 20.5. The Kier molecular flexibility index (Phi) is 7.78. The molecule has 7 heteroatoms. The Labute approximate surface area is 161 Å². The topological polar surface area (TPSA) is 59.2 Å². The third-order valence-corrected chi connectivity index (χ3v) is 4.26. The van der Waals surface area contributed by atoms with Gasteiger partial charge >= 0.3 is 0 Å². The molecule has 6 nitrogen and oxygen atoms in total. The van der Waals surface area contributed by atoms with E-state index in [-0.39, 0.29) is 30.0 Å². The van der Waals surface area contributed by atoms with E-state index in [1.54, 1.807) is 7.05 Å². The molecule has 1 atom stereocenters. The predicted molar refractivity (Wildman–Crippen MR) is 110 cm³/mol. The van der Waals surface area contributed by atoms with Crippen LogP contribution in [-0.4, -0.2) is 33.4 Å². The summed E-state index contributed by atoms with van der Waals surface area (Å²) >= 11 is 0. The lowest BCUT2D eigenvalue weighted by Crippen LogP contribution is -2.43. The number of guanidine groups is 1. The monoisotopic (exact) mass is 444 g/mol. The van der Waals surface area contributed by atoms with E-state index in [1.165, 1.54) is 17.0 Å². The maximum absolute atomic E-state index is 4.48. The molecular formula is C17H29IN6.